The number of carboxylic acid groups (broad SMARTS) is 1. The van der Waals surface area contributed by atoms with Gasteiger partial charge in [0.15, 0.2) is 0 Å². The molecule has 7 heteroatoms. The van der Waals surface area contributed by atoms with Crippen LogP contribution in [-0.2, 0) is 0 Å². The van der Waals surface area contributed by atoms with Crippen LogP contribution in [0.3, 0.4) is 0 Å². The molecule has 0 aliphatic heterocycles. The highest BCUT2D eigenvalue weighted by Gasteiger charge is 2.25. The fraction of sp³-hybridized carbons (Fsp3) is 0.417. The van der Waals surface area contributed by atoms with Gasteiger partial charge in [-0.3, -0.25) is 10.1 Å². The molecule has 0 fully saturated rings. The number of halogens is 1. The number of hydrogen-bond acceptors (Lipinski definition) is 4. The molecule has 0 amide bonds. The first kappa shape index (κ1) is 14.9. The van der Waals surface area contributed by atoms with Crippen LogP contribution in [0.15, 0.2) is 12.1 Å². The number of hydrogen-bond donors (Lipinski definition) is 1. The van der Waals surface area contributed by atoms with Crippen LogP contribution in [0.2, 0.25) is 0 Å². The van der Waals surface area contributed by atoms with E-state index in [4.69, 9.17) is 5.11 Å². The van der Waals surface area contributed by atoms with Crippen LogP contribution in [0.25, 0.3) is 0 Å². The summed E-state index contributed by atoms with van der Waals surface area (Å²) in [6.45, 7) is 5.87. The van der Waals surface area contributed by atoms with Gasteiger partial charge < -0.3 is 10.0 Å². The van der Waals surface area contributed by atoms with E-state index in [9.17, 15) is 19.3 Å². The van der Waals surface area contributed by atoms with Crippen LogP contribution in [0.4, 0.5) is 15.8 Å². The first-order valence-electron chi connectivity index (χ1n) is 5.77. The zero-order valence-corrected chi connectivity index (χ0v) is 10.9. The van der Waals surface area contributed by atoms with Gasteiger partial charge in [-0.2, -0.15) is 0 Å². The zero-order valence-electron chi connectivity index (χ0n) is 10.9. The van der Waals surface area contributed by atoms with Crippen molar-refractivity contribution in [3.05, 3.63) is 33.6 Å². The Balaban J connectivity index is 3.53. The predicted molar refractivity (Wildman–Crippen MR) is 68.2 cm³/mol. The molecule has 0 saturated carbocycles. The topological polar surface area (TPSA) is 83.7 Å². The number of aromatic carboxylic acids is 1. The van der Waals surface area contributed by atoms with Crippen molar-refractivity contribution in [3.8, 4) is 0 Å². The minimum atomic E-state index is -1.45. The van der Waals surface area contributed by atoms with Gasteiger partial charge in [0.1, 0.15) is 11.5 Å². The van der Waals surface area contributed by atoms with Crippen molar-refractivity contribution in [2.75, 3.05) is 11.4 Å². The molecule has 0 spiro atoms. The number of nitrogens with zero attached hydrogens (tertiary/aromatic N) is 2. The summed E-state index contributed by atoms with van der Waals surface area (Å²) >= 11 is 0. The molecule has 0 heterocycles. The standard InChI is InChI=1S/C12H15FN2O4/c1-4-14(7(2)3)10-5-8(12(16)17)9(13)6-11(10)15(18)19/h5-7H,4H2,1-3H3,(H,16,17). The van der Waals surface area contributed by atoms with Gasteiger partial charge in [-0.05, 0) is 26.8 Å². The summed E-state index contributed by atoms with van der Waals surface area (Å²) in [5.41, 5.74) is -0.890. The highest BCUT2D eigenvalue weighted by molar-refractivity contribution is 5.90. The molecular formula is C12H15FN2O4. The molecule has 0 atom stereocenters. The summed E-state index contributed by atoms with van der Waals surface area (Å²) < 4.78 is 13.5. The summed E-state index contributed by atoms with van der Waals surface area (Å²) in [6, 6.07) is 1.60. The van der Waals surface area contributed by atoms with Crippen molar-refractivity contribution in [2.45, 2.75) is 26.8 Å². The maximum Gasteiger partial charge on any atom is 0.338 e. The van der Waals surface area contributed by atoms with Gasteiger partial charge in [0.25, 0.3) is 5.69 Å². The zero-order chi connectivity index (χ0) is 14.7. The van der Waals surface area contributed by atoms with Crippen LogP contribution in [0.5, 0.6) is 0 Å². The highest BCUT2D eigenvalue weighted by atomic mass is 19.1. The second-order valence-electron chi connectivity index (χ2n) is 4.26. The van der Waals surface area contributed by atoms with Crippen molar-refractivity contribution in [3.63, 3.8) is 0 Å². The average Bonchev–Trinajstić information content (AvgIpc) is 2.30. The summed E-state index contributed by atoms with van der Waals surface area (Å²) in [5, 5.41) is 19.8. The Labute approximate surface area is 109 Å². The van der Waals surface area contributed by atoms with Crippen LogP contribution in [0, 0.1) is 15.9 Å². The van der Waals surface area contributed by atoms with E-state index in [-0.39, 0.29) is 11.7 Å². The second kappa shape index (κ2) is 5.64. The Morgan fingerprint density at radius 3 is 2.47 bits per heavy atom. The van der Waals surface area contributed by atoms with Crippen LogP contribution < -0.4 is 4.90 Å². The van der Waals surface area contributed by atoms with Crippen molar-refractivity contribution in [2.24, 2.45) is 0 Å². The van der Waals surface area contributed by atoms with Gasteiger partial charge in [0, 0.05) is 12.6 Å². The lowest BCUT2D eigenvalue weighted by Crippen LogP contribution is -2.31. The number of carboxylic acids is 1. The number of nitro benzene ring substituents is 1. The van der Waals surface area contributed by atoms with Gasteiger partial charge in [-0.1, -0.05) is 0 Å². The molecule has 1 aromatic rings. The van der Waals surface area contributed by atoms with E-state index in [1.165, 1.54) is 0 Å². The summed E-state index contributed by atoms with van der Waals surface area (Å²) in [5.74, 6) is -2.56. The fourth-order valence-electron chi connectivity index (χ4n) is 1.91. The Morgan fingerprint density at radius 1 is 1.53 bits per heavy atom. The molecule has 0 saturated heterocycles. The Kier molecular flexibility index (Phi) is 4.42. The molecule has 0 aliphatic carbocycles. The molecule has 1 N–H and O–H groups in total. The molecule has 1 rings (SSSR count). The van der Waals surface area contributed by atoms with Crippen LogP contribution in [-0.4, -0.2) is 28.6 Å². The minimum Gasteiger partial charge on any atom is -0.478 e. The first-order valence-corrected chi connectivity index (χ1v) is 5.77. The number of rotatable bonds is 5. The third kappa shape index (κ3) is 2.98. The van der Waals surface area contributed by atoms with Crippen molar-refractivity contribution < 1.29 is 19.2 Å². The van der Waals surface area contributed by atoms with Crippen LogP contribution >= 0.6 is 0 Å². The molecule has 6 nitrogen and oxygen atoms in total. The molecule has 1 aromatic carbocycles. The molecule has 19 heavy (non-hydrogen) atoms. The quantitative estimate of drug-likeness (QED) is 0.656. The Bertz CT molecular complexity index is 517. The van der Waals surface area contributed by atoms with Gasteiger partial charge in [-0.25, -0.2) is 9.18 Å². The van der Waals surface area contributed by atoms with Crippen LogP contribution in [0.1, 0.15) is 31.1 Å². The molecule has 0 aliphatic rings. The van der Waals surface area contributed by atoms with E-state index in [2.05, 4.69) is 0 Å². The normalized spacial score (nSPS) is 10.6. The summed E-state index contributed by atoms with van der Waals surface area (Å²) in [6.07, 6.45) is 0. The third-order valence-electron chi connectivity index (χ3n) is 2.76. The SMILES string of the molecule is CCN(c1cc(C(=O)O)c(F)cc1[N+](=O)[O-])C(C)C. The average molecular weight is 270 g/mol. The van der Waals surface area contributed by atoms with E-state index in [1.807, 2.05) is 13.8 Å². The van der Waals surface area contributed by atoms with Gasteiger partial charge >= 0.3 is 5.97 Å². The van der Waals surface area contributed by atoms with Crippen molar-refractivity contribution in [1.82, 2.24) is 0 Å². The van der Waals surface area contributed by atoms with Crippen molar-refractivity contribution >= 4 is 17.3 Å². The maximum atomic E-state index is 13.5. The number of benzene rings is 1. The lowest BCUT2D eigenvalue weighted by molar-refractivity contribution is -0.384. The second-order valence-corrected chi connectivity index (χ2v) is 4.26. The van der Waals surface area contributed by atoms with E-state index in [1.54, 1.807) is 11.8 Å². The summed E-state index contributed by atoms with van der Waals surface area (Å²) in [4.78, 5) is 22.8. The van der Waals surface area contributed by atoms with Gasteiger partial charge in [-0.15, -0.1) is 0 Å². The van der Waals surface area contributed by atoms with E-state index >= 15 is 0 Å². The molecular weight excluding hydrogens is 255 g/mol. The fourth-order valence-corrected chi connectivity index (χ4v) is 1.91. The minimum absolute atomic E-state index is 0.0733. The largest absolute Gasteiger partial charge is 0.478 e. The third-order valence-corrected chi connectivity index (χ3v) is 2.76. The number of nitro groups is 1. The Hall–Kier alpha value is -2.18. The molecule has 104 valence electrons. The first-order chi connectivity index (χ1) is 8.79. The predicted octanol–water partition coefficient (Wildman–Crippen LogP) is 2.67. The van der Waals surface area contributed by atoms with E-state index in [0.717, 1.165) is 6.07 Å². The Morgan fingerprint density at radius 2 is 2.11 bits per heavy atom. The maximum absolute atomic E-state index is 13.5. The lowest BCUT2D eigenvalue weighted by atomic mass is 10.1. The van der Waals surface area contributed by atoms with Gasteiger partial charge in [0.05, 0.1) is 16.6 Å². The molecule has 0 radical (unpaired) electrons. The van der Waals surface area contributed by atoms with Gasteiger partial charge in [0.2, 0.25) is 0 Å². The number of anilines is 1. The van der Waals surface area contributed by atoms with Crippen molar-refractivity contribution in [1.29, 1.82) is 0 Å². The highest BCUT2D eigenvalue weighted by Crippen LogP contribution is 2.32. The van der Waals surface area contributed by atoms with E-state index in [0.29, 0.717) is 12.6 Å². The molecule has 0 unspecified atom stereocenters. The monoisotopic (exact) mass is 270 g/mol. The number of carbonyl (C=O) groups is 1. The lowest BCUT2D eigenvalue weighted by Gasteiger charge is -2.27. The molecule has 0 aromatic heterocycles. The summed E-state index contributed by atoms with van der Waals surface area (Å²) in [7, 11) is 0. The smallest absolute Gasteiger partial charge is 0.338 e. The molecule has 0 bridgehead atoms. The van der Waals surface area contributed by atoms with E-state index < -0.39 is 28.0 Å².